The third-order valence-corrected chi connectivity index (χ3v) is 14.3. The van der Waals surface area contributed by atoms with Gasteiger partial charge in [-0.25, -0.2) is 0 Å². The van der Waals surface area contributed by atoms with Crippen molar-refractivity contribution in [2.75, 3.05) is 4.90 Å². The number of anilines is 3. The lowest BCUT2D eigenvalue weighted by atomic mass is 9.70. The van der Waals surface area contributed by atoms with Crippen LogP contribution in [0.1, 0.15) is 22.3 Å². The van der Waals surface area contributed by atoms with Gasteiger partial charge in [0.15, 0.2) is 0 Å². The third kappa shape index (κ3) is 6.24. The Morgan fingerprint density at radius 1 is 0.206 bits per heavy atom. The maximum atomic E-state index is 2.48. The molecule has 0 bridgehead atoms. The molecule has 0 fully saturated rings. The average molecular weight is 864 g/mol. The van der Waals surface area contributed by atoms with Crippen molar-refractivity contribution in [3.05, 3.63) is 295 Å². The van der Waals surface area contributed by atoms with E-state index in [0.29, 0.717) is 0 Å². The molecule has 1 nitrogen and oxygen atoms in total. The van der Waals surface area contributed by atoms with Crippen LogP contribution in [0.3, 0.4) is 0 Å². The van der Waals surface area contributed by atoms with E-state index in [1.165, 1.54) is 94.6 Å². The van der Waals surface area contributed by atoms with Crippen molar-refractivity contribution in [2.45, 2.75) is 5.41 Å². The average Bonchev–Trinajstić information content (AvgIpc) is 3.89. The number of benzene rings is 11. The van der Waals surface area contributed by atoms with Gasteiger partial charge in [0.25, 0.3) is 0 Å². The molecule has 11 aromatic rings. The fourth-order valence-electron chi connectivity index (χ4n) is 11.4. The summed E-state index contributed by atoms with van der Waals surface area (Å²) in [7, 11) is 0. The van der Waals surface area contributed by atoms with Gasteiger partial charge in [-0.1, -0.05) is 237 Å². The first-order chi connectivity index (χ1) is 33.8. The zero-order chi connectivity index (χ0) is 45.0. The molecule has 318 valence electrons. The van der Waals surface area contributed by atoms with Crippen molar-refractivity contribution < 1.29 is 0 Å². The van der Waals surface area contributed by atoms with E-state index in [1.807, 2.05) is 0 Å². The van der Waals surface area contributed by atoms with E-state index in [9.17, 15) is 0 Å². The Bertz CT molecular complexity index is 3630. The normalized spacial score (nSPS) is 12.5. The van der Waals surface area contributed by atoms with Crippen LogP contribution >= 0.6 is 0 Å². The van der Waals surface area contributed by atoms with Crippen LogP contribution in [0.15, 0.2) is 273 Å². The Kier molecular flexibility index (Phi) is 9.47. The van der Waals surface area contributed by atoms with E-state index >= 15 is 0 Å². The van der Waals surface area contributed by atoms with Gasteiger partial charge >= 0.3 is 0 Å². The van der Waals surface area contributed by atoms with Crippen molar-refractivity contribution in [3.8, 4) is 77.9 Å². The Hall–Kier alpha value is -8.78. The van der Waals surface area contributed by atoms with Crippen molar-refractivity contribution in [2.24, 2.45) is 0 Å². The van der Waals surface area contributed by atoms with E-state index in [0.717, 1.165) is 22.6 Å². The number of para-hydroxylation sites is 1. The smallest absolute Gasteiger partial charge is 0.0725 e. The van der Waals surface area contributed by atoms with Gasteiger partial charge < -0.3 is 4.90 Å². The predicted molar refractivity (Wildman–Crippen MR) is 285 cm³/mol. The second kappa shape index (κ2) is 16.3. The lowest BCUT2D eigenvalue weighted by Gasteiger charge is -2.31. The van der Waals surface area contributed by atoms with Gasteiger partial charge in [-0.15, -0.1) is 0 Å². The summed E-state index contributed by atoms with van der Waals surface area (Å²) in [6.07, 6.45) is 0. The summed E-state index contributed by atoms with van der Waals surface area (Å²) in [6.45, 7) is 0. The maximum Gasteiger partial charge on any atom is 0.0725 e. The molecule has 0 aliphatic heterocycles. The van der Waals surface area contributed by atoms with Crippen LogP contribution in [0.4, 0.5) is 17.1 Å². The molecule has 0 saturated heterocycles. The number of nitrogens with zero attached hydrogens (tertiary/aromatic N) is 1. The third-order valence-electron chi connectivity index (χ3n) is 14.3. The summed E-state index contributed by atoms with van der Waals surface area (Å²) >= 11 is 0. The molecule has 0 heterocycles. The van der Waals surface area contributed by atoms with Crippen molar-refractivity contribution >= 4 is 17.1 Å². The van der Waals surface area contributed by atoms with E-state index in [1.54, 1.807) is 0 Å². The molecule has 0 radical (unpaired) electrons. The van der Waals surface area contributed by atoms with Crippen molar-refractivity contribution in [1.29, 1.82) is 0 Å². The van der Waals surface area contributed by atoms with Crippen LogP contribution < -0.4 is 4.90 Å². The number of fused-ring (bicyclic) bond motifs is 10. The van der Waals surface area contributed by atoms with E-state index in [-0.39, 0.29) is 0 Å². The molecular weight excluding hydrogens is 819 g/mol. The fraction of sp³-hybridized carbons (Fsp3) is 0.0149. The van der Waals surface area contributed by atoms with Gasteiger partial charge in [-0.2, -0.15) is 0 Å². The zero-order valence-electron chi connectivity index (χ0n) is 37.4. The number of hydrogen-bond donors (Lipinski definition) is 0. The minimum absolute atomic E-state index is 0.415. The fourth-order valence-corrected chi connectivity index (χ4v) is 11.4. The first kappa shape index (κ1) is 39.6. The molecule has 0 aromatic heterocycles. The largest absolute Gasteiger partial charge is 0.310 e. The Balaban J connectivity index is 1.01. The minimum atomic E-state index is -0.415. The lowest BCUT2D eigenvalue weighted by Crippen LogP contribution is -2.25. The maximum absolute atomic E-state index is 2.48. The zero-order valence-corrected chi connectivity index (χ0v) is 37.4. The van der Waals surface area contributed by atoms with Gasteiger partial charge in [0.05, 0.1) is 11.1 Å². The van der Waals surface area contributed by atoms with Crippen LogP contribution in [0, 0.1) is 0 Å². The number of hydrogen-bond acceptors (Lipinski definition) is 1. The second-order valence-electron chi connectivity index (χ2n) is 17.9. The standard InChI is InChI=1S/C67H45N/c1-3-20-46(21-4-1)49-24-19-25-50(44-49)47-38-40-51(41-39-47)68(66-37-18-14-33-60(66)56-29-10-9-28-55(56)54-27-8-7-26-53(54)48-22-5-2-6-23-48)52-42-43-65-61(45-52)59-32-13-17-36-64(59)67(65)62-34-15-11-30-57(62)58-31-12-16-35-63(58)67/h1-45H. The molecule has 0 saturated carbocycles. The van der Waals surface area contributed by atoms with E-state index < -0.39 is 5.41 Å². The van der Waals surface area contributed by atoms with E-state index in [2.05, 4.69) is 278 Å². The highest BCUT2D eigenvalue weighted by molar-refractivity contribution is 6.00. The van der Waals surface area contributed by atoms with Crippen LogP contribution in [0.25, 0.3) is 77.9 Å². The lowest BCUT2D eigenvalue weighted by molar-refractivity contribution is 0.794. The van der Waals surface area contributed by atoms with Crippen molar-refractivity contribution in [3.63, 3.8) is 0 Å². The molecule has 2 aliphatic carbocycles. The summed E-state index contributed by atoms with van der Waals surface area (Å²) in [6, 6.07) is 100. The SMILES string of the molecule is c1ccc(-c2cccc(-c3ccc(N(c4ccc5c(c4)-c4ccccc4C54c5ccccc5-c5ccccc54)c4ccccc4-c4ccccc4-c4ccccc4-c4ccccc4)cc3)c2)cc1. The molecule has 1 spiro atoms. The molecular formula is C67H45N. The summed E-state index contributed by atoms with van der Waals surface area (Å²) in [5.41, 5.74) is 25.3. The molecule has 2 aliphatic rings. The summed E-state index contributed by atoms with van der Waals surface area (Å²) < 4.78 is 0. The highest BCUT2D eigenvalue weighted by Crippen LogP contribution is 2.63. The Labute approximate surface area is 398 Å². The van der Waals surface area contributed by atoms with Gasteiger partial charge in [0, 0.05) is 16.9 Å². The van der Waals surface area contributed by atoms with E-state index in [4.69, 9.17) is 0 Å². The van der Waals surface area contributed by atoms with Gasteiger partial charge in [0.2, 0.25) is 0 Å². The van der Waals surface area contributed by atoms with Gasteiger partial charge in [0.1, 0.15) is 0 Å². The quantitative estimate of drug-likeness (QED) is 0.147. The number of rotatable bonds is 8. The molecule has 1 heteroatoms. The Morgan fingerprint density at radius 2 is 0.588 bits per heavy atom. The Morgan fingerprint density at radius 3 is 1.18 bits per heavy atom. The topological polar surface area (TPSA) is 3.24 Å². The van der Waals surface area contributed by atoms with Crippen molar-refractivity contribution in [1.82, 2.24) is 0 Å². The van der Waals surface area contributed by atoms with Crippen LogP contribution in [-0.2, 0) is 5.41 Å². The molecule has 13 rings (SSSR count). The van der Waals surface area contributed by atoms with Crippen LogP contribution in [-0.4, -0.2) is 0 Å². The first-order valence-electron chi connectivity index (χ1n) is 23.6. The summed E-state index contributed by atoms with van der Waals surface area (Å²) in [5.74, 6) is 0. The first-order valence-corrected chi connectivity index (χ1v) is 23.6. The van der Waals surface area contributed by atoms with Gasteiger partial charge in [-0.05, 0) is 131 Å². The highest BCUT2D eigenvalue weighted by Gasteiger charge is 2.51. The molecule has 0 unspecified atom stereocenters. The highest BCUT2D eigenvalue weighted by atomic mass is 15.1. The molecule has 0 atom stereocenters. The summed E-state index contributed by atoms with van der Waals surface area (Å²) in [4.78, 5) is 2.48. The van der Waals surface area contributed by atoms with Crippen LogP contribution in [0.5, 0.6) is 0 Å². The molecule has 0 amide bonds. The van der Waals surface area contributed by atoms with Crippen LogP contribution in [0.2, 0.25) is 0 Å². The predicted octanol–water partition coefficient (Wildman–Crippen LogP) is 17.8. The monoisotopic (exact) mass is 863 g/mol. The molecule has 11 aromatic carbocycles. The molecule has 68 heavy (non-hydrogen) atoms. The molecule has 0 N–H and O–H groups in total. The summed E-state index contributed by atoms with van der Waals surface area (Å²) in [5, 5.41) is 0. The second-order valence-corrected chi connectivity index (χ2v) is 17.9. The minimum Gasteiger partial charge on any atom is -0.310 e. The van der Waals surface area contributed by atoms with Gasteiger partial charge in [-0.3, -0.25) is 0 Å².